The molecule has 43 heavy (non-hydrogen) atoms. The second-order valence-corrected chi connectivity index (χ2v) is 10.2. The number of fused-ring (bicyclic) bond motifs is 1. The van der Waals surface area contributed by atoms with Crippen molar-refractivity contribution in [2.45, 2.75) is 13.8 Å². The van der Waals surface area contributed by atoms with Crippen LogP contribution in [-0.2, 0) is 19.1 Å². The summed E-state index contributed by atoms with van der Waals surface area (Å²) >= 11 is 0.940. The fraction of sp³-hybridized carbons (Fsp3) is 0.167. The Labute approximate surface area is 249 Å². The first-order valence-corrected chi connectivity index (χ1v) is 13.9. The molecular formula is C30H24N4O8S. The normalized spacial score (nSPS) is 17.0. The third-order valence-corrected chi connectivity index (χ3v) is 7.63. The number of nitro benzene ring substituents is 1. The van der Waals surface area contributed by atoms with Gasteiger partial charge in [0.25, 0.3) is 17.5 Å². The molecule has 2 aliphatic rings. The number of hydrogen-bond donors (Lipinski definition) is 0. The minimum atomic E-state index is -0.577. The zero-order chi connectivity index (χ0) is 30.8. The van der Waals surface area contributed by atoms with Crippen LogP contribution < -0.4 is 9.80 Å². The number of carbonyl (C=O) groups excluding carboxylic acids is 4. The van der Waals surface area contributed by atoms with Gasteiger partial charge in [-0.15, -0.1) is 0 Å². The van der Waals surface area contributed by atoms with E-state index in [1.54, 1.807) is 50.2 Å². The van der Waals surface area contributed by atoms with Crippen molar-refractivity contribution in [2.24, 2.45) is 4.99 Å². The first-order valence-electron chi connectivity index (χ1n) is 13.1. The minimum absolute atomic E-state index is 0.0206. The molecular weight excluding hydrogens is 576 g/mol. The second kappa shape index (κ2) is 11.9. The van der Waals surface area contributed by atoms with Crippen LogP contribution in [0.2, 0.25) is 0 Å². The summed E-state index contributed by atoms with van der Waals surface area (Å²) in [5, 5.41) is 11.7. The lowest BCUT2D eigenvalue weighted by molar-refractivity contribution is -0.384. The molecule has 12 nitrogen and oxygen atoms in total. The van der Waals surface area contributed by atoms with Gasteiger partial charge in [-0.1, -0.05) is 0 Å². The Morgan fingerprint density at radius 2 is 1.47 bits per heavy atom. The highest BCUT2D eigenvalue weighted by Gasteiger charge is 2.43. The summed E-state index contributed by atoms with van der Waals surface area (Å²) in [6.07, 6.45) is 0. The summed E-state index contributed by atoms with van der Waals surface area (Å²) in [6, 6.07) is 16.4. The van der Waals surface area contributed by atoms with Crippen molar-refractivity contribution >= 4 is 69.0 Å². The Balaban J connectivity index is 1.62. The Hall–Kier alpha value is -5.30. The number of thioether (sulfide) groups is 1. The van der Waals surface area contributed by atoms with Crippen molar-refractivity contribution in [3.8, 4) is 0 Å². The summed E-state index contributed by atoms with van der Waals surface area (Å²) in [4.78, 5) is 69.9. The van der Waals surface area contributed by atoms with Gasteiger partial charge >= 0.3 is 11.9 Å². The highest BCUT2D eigenvalue weighted by molar-refractivity contribution is 8.19. The first kappa shape index (κ1) is 29.2. The number of nitro groups is 1. The van der Waals surface area contributed by atoms with Crippen LogP contribution in [0.1, 0.15) is 40.1 Å². The van der Waals surface area contributed by atoms with E-state index in [1.165, 1.54) is 47.2 Å². The molecule has 2 aliphatic heterocycles. The molecule has 0 spiro atoms. The maximum absolute atomic E-state index is 14.0. The van der Waals surface area contributed by atoms with E-state index in [-0.39, 0.29) is 45.7 Å². The van der Waals surface area contributed by atoms with E-state index >= 15 is 0 Å². The molecule has 1 saturated heterocycles. The lowest BCUT2D eigenvalue weighted by Crippen LogP contribution is -2.29. The molecule has 0 aliphatic carbocycles. The Morgan fingerprint density at radius 3 is 2.02 bits per heavy atom. The van der Waals surface area contributed by atoms with Gasteiger partial charge in [0.2, 0.25) is 0 Å². The molecule has 218 valence electrons. The van der Waals surface area contributed by atoms with Gasteiger partial charge in [-0.3, -0.25) is 24.6 Å². The second-order valence-electron chi connectivity index (χ2n) is 9.20. The van der Waals surface area contributed by atoms with Gasteiger partial charge in [0.05, 0.1) is 56.8 Å². The van der Waals surface area contributed by atoms with Crippen molar-refractivity contribution in [3.63, 3.8) is 0 Å². The maximum atomic E-state index is 14.0. The predicted molar refractivity (Wildman–Crippen MR) is 160 cm³/mol. The van der Waals surface area contributed by atoms with E-state index in [0.29, 0.717) is 22.6 Å². The van der Waals surface area contributed by atoms with Gasteiger partial charge in [0.15, 0.2) is 5.17 Å². The van der Waals surface area contributed by atoms with E-state index in [1.807, 2.05) is 0 Å². The van der Waals surface area contributed by atoms with Crippen LogP contribution in [0.3, 0.4) is 0 Å². The van der Waals surface area contributed by atoms with Crippen LogP contribution in [0.5, 0.6) is 0 Å². The van der Waals surface area contributed by atoms with Gasteiger partial charge < -0.3 is 14.4 Å². The van der Waals surface area contributed by atoms with Crippen molar-refractivity contribution in [1.29, 1.82) is 0 Å². The molecule has 0 radical (unpaired) electrons. The Morgan fingerprint density at radius 1 is 0.884 bits per heavy atom. The molecule has 0 N–H and O–H groups in total. The van der Waals surface area contributed by atoms with Crippen LogP contribution in [0.4, 0.5) is 22.7 Å². The number of anilines is 2. The van der Waals surface area contributed by atoms with E-state index in [9.17, 15) is 29.3 Å². The fourth-order valence-electron chi connectivity index (χ4n) is 4.53. The van der Waals surface area contributed by atoms with Gasteiger partial charge in [0.1, 0.15) is 0 Å². The van der Waals surface area contributed by atoms with Gasteiger partial charge in [-0.2, -0.15) is 0 Å². The Kier molecular flexibility index (Phi) is 8.08. The van der Waals surface area contributed by atoms with Crippen LogP contribution in [-0.4, -0.2) is 54.1 Å². The standard InChI is InChI=1S/C30H24N4O8S/c1-4-41-28(37)17-6-10-19(11-7-17)31-30-33(20-12-8-18(9-13-20)29(38)42-5-2)27(36)25(43-30)24-22-16-21(34(39)40)14-15-23(22)32(3)26(24)35/h6-16H,4-5H2,1-3H3/b25-24+,31-30?. The molecule has 2 heterocycles. The lowest BCUT2D eigenvalue weighted by Gasteiger charge is -2.16. The number of esters is 2. The van der Waals surface area contributed by atoms with Crippen molar-refractivity contribution in [1.82, 2.24) is 0 Å². The number of carbonyl (C=O) groups is 4. The van der Waals surface area contributed by atoms with Gasteiger partial charge in [-0.25, -0.2) is 14.6 Å². The summed E-state index contributed by atoms with van der Waals surface area (Å²) in [7, 11) is 1.52. The van der Waals surface area contributed by atoms with E-state index in [4.69, 9.17) is 9.47 Å². The summed E-state index contributed by atoms with van der Waals surface area (Å²) in [5.74, 6) is -2.08. The van der Waals surface area contributed by atoms with E-state index in [0.717, 1.165) is 11.8 Å². The minimum Gasteiger partial charge on any atom is -0.462 e. The van der Waals surface area contributed by atoms with E-state index < -0.39 is 28.7 Å². The molecule has 0 unspecified atom stereocenters. The first-order chi connectivity index (χ1) is 20.6. The predicted octanol–water partition coefficient (Wildman–Crippen LogP) is 5.10. The number of benzene rings is 3. The number of non-ortho nitro benzene ring substituents is 1. The quantitative estimate of drug-likeness (QED) is 0.156. The third kappa shape index (κ3) is 5.49. The van der Waals surface area contributed by atoms with Crippen LogP contribution >= 0.6 is 11.8 Å². The molecule has 3 aromatic rings. The number of amidine groups is 1. The molecule has 0 bridgehead atoms. The zero-order valence-corrected chi connectivity index (χ0v) is 24.0. The number of aliphatic imine (C=N–C) groups is 1. The highest BCUT2D eigenvalue weighted by atomic mass is 32.2. The molecule has 2 amide bonds. The third-order valence-electron chi connectivity index (χ3n) is 6.59. The highest BCUT2D eigenvalue weighted by Crippen LogP contribution is 2.46. The topological polar surface area (TPSA) is 149 Å². The average molecular weight is 601 g/mol. The molecule has 1 fully saturated rings. The average Bonchev–Trinajstić information content (AvgIpc) is 3.44. The van der Waals surface area contributed by atoms with Crippen molar-refractivity contribution in [2.75, 3.05) is 30.1 Å². The molecule has 0 atom stereocenters. The number of hydrogen-bond acceptors (Lipinski definition) is 10. The lowest BCUT2D eigenvalue weighted by atomic mass is 10.1. The van der Waals surface area contributed by atoms with E-state index in [2.05, 4.69) is 4.99 Å². The molecule has 0 saturated carbocycles. The SMILES string of the molecule is CCOC(=O)c1ccc(N=C2S/C(=C3/C(=O)N(C)c4ccc([N+](=O)[O-])cc43)C(=O)N2c2ccc(C(=O)OCC)cc2)cc1. The van der Waals surface area contributed by atoms with Crippen molar-refractivity contribution in [3.05, 3.63) is 98.4 Å². The van der Waals surface area contributed by atoms with Crippen molar-refractivity contribution < 1.29 is 33.6 Å². The zero-order valence-electron chi connectivity index (χ0n) is 23.2. The van der Waals surface area contributed by atoms with Gasteiger partial charge in [0, 0.05) is 24.7 Å². The molecule has 0 aromatic heterocycles. The van der Waals surface area contributed by atoms with Crippen LogP contribution in [0.25, 0.3) is 5.57 Å². The molecule has 13 heteroatoms. The summed E-state index contributed by atoms with van der Waals surface area (Å²) in [6.45, 7) is 3.82. The maximum Gasteiger partial charge on any atom is 0.338 e. The number of amides is 2. The number of nitrogens with zero attached hydrogens (tertiary/aromatic N) is 4. The van der Waals surface area contributed by atoms with Crippen LogP contribution in [0.15, 0.2) is 76.6 Å². The Bertz CT molecular complexity index is 1730. The summed E-state index contributed by atoms with van der Waals surface area (Å²) < 4.78 is 10.1. The number of likely N-dealkylation sites (N-methyl/N-ethyl adjacent to an activating group) is 1. The molecule has 5 rings (SSSR count). The molecule has 3 aromatic carbocycles. The number of rotatable bonds is 7. The summed E-state index contributed by atoms with van der Waals surface area (Å²) in [5.41, 5.74) is 1.87. The largest absolute Gasteiger partial charge is 0.462 e. The van der Waals surface area contributed by atoms with Crippen LogP contribution in [0, 0.1) is 10.1 Å². The number of ether oxygens (including phenoxy) is 2. The van der Waals surface area contributed by atoms with Gasteiger partial charge in [-0.05, 0) is 80.2 Å². The fourth-order valence-corrected chi connectivity index (χ4v) is 5.62. The monoisotopic (exact) mass is 600 g/mol. The smallest absolute Gasteiger partial charge is 0.338 e.